The Morgan fingerprint density at radius 1 is 0.474 bits per heavy atom. The number of halogens is 1. The number of nitrogens with zero attached hydrogens (tertiary/aromatic N) is 3. The third kappa shape index (κ3) is 11.0. The Hall–Kier alpha value is -7.83. The Morgan fingerprint density at radius 2 is 1.04 bits per heavy atom. The zero-order valence-corrected chi connectivity index (χ0v) is 46.5. The molecule has 5 nitrogen and oxygen atoms in total. The summed E-state index contributed by atoms with van der Waals surface area (Å²) >= 11 is 0. The van der Waals surface area contributed by atoms with Gasteiger partial charge < -0.3 is 9.52 Å². The van der Waals surface area contributed by atoms with Crippen molar-refractivity contribution in [1.29, 1.82) is 0 Å². The number of phenols is 1. The molecule has 0 bridgehead atoms. The molecule has 0 saturated carbocycles. The van der Waals surface area contributed by atoms with Gasteiger partial charge in [-0.3, -0.25) is 19.3 Å². The summed E-state index contributed by atoms with van der Waals surface area (Å²) in [5, 5.41) is 12.9. The number of aromatic hydroxyl groups is 1. The van der Waals surface area contributed by atoms with Crippen LogP contribution in [0.1, 0.15) is 101 Å². The average Bonchev–Trinajstić information content (AvgIpc) is 3.84. The van der Waals surface area contributed by atoms with Crippen LogP contribution in [0.3, 0.4) is 0 Å². The molecule has 0 aliphatic heterocycles. The van der Waals surface area contributed by atoms with E-state index in [9.17, 15) is 9.50 Å². The molecule has 76 heavy (non-hydrogen) atoms. The Kier molecular flexibility index (Phi) is 16.0. The molecule has 381 valence electrons. The number of aromatic nitrogens is 3. The van der Waals surface area contributed by atoms with E-state index in [-0.39, 0.29) is 43.5 Å². The number of phenolic OH excluding ortho intramolecular Hbond substituents is 1. The maximum atomic E-state index is 13.8. The molecular formula is C69H60FIrN3O2-2. The first-order valence-corrected chi connectivity index (χ1v) is 25.9. The summed E-state index contributed by atoms with van der Waals surface area (Å²) in [6, 6.07) is 64.7. The quantitative estimate of drug-likeness (QED) is 0.131. The van der Waals surface area contributed by atoms with Crippen LogP contribution < -0.4 is 0 Å². The summed E-state index contributed by atoms with van der Waals surface area (Å²) in [6.07, 6.45) is 3.67. The molecule has 0 aliphatic carbocycles. The first-order valence-electron chi connectivity index (χ1n) is 25.9. The fraction of sp³-hybridized carbons (Fsp3) is 0.174. The summed E-state index contributed by atoms with van der Waals surface area (Å²) < 4.78 is 20.3. The van der Waals surface area contributed by atoms with E-state index in [0.29, 0.717) is 34.4 Å². The Morgan fingerprint density at radius 3 is 1.62 bits per heavy atom. The van der Waals surface area contributed by atoms with E-state index in [4.69, 9.17) is 9.40 Å². The van der Waals surface area contributed by atoms with Gasteiger partial charge in [0.1, 0.15) is 16.9 Å². The van der Waals surface area contributed by atoms with Gasteiger partial charge in [-0.1, -0.05) is 175 Å². The molecule has 0 saturated heterocycles. The minimum absolute atomic E-state index is 0. The number of hydrogen-bond donors (Lipinski definition) is 1. The van der Waals surface area contributed by atoms with Crippen LogP contribution in [0, 0.1) is 17.9 Å². The van der Waals surface area contributed by atoms with E-state index in [1.807, 2.05) is 91.3 Å². The summed E-state index contributed by atoms with van der Waals surface area (Å²) in [4.78, 5) is 14.2. The number of furan rings is 1. The molecule has 7 aromatic carbocycles. The van der Waals surface area contributed by atoms with E-state index in [1.165, 1.54) is 51.1 Å². The molecule has 0 amide bonds. The van der Waals surface area contributed by atoms with Gasteiger partial charge in [0.25, 0.3) is 0 Å². The molecule has 1 radical (unpaired) electrons. The van der Waals surface area contributed by atoms with Crippen molar-refractivity contribution < 1.29 is 34.0 Å². The maximum absolute atomic E-state index is 13.8. The Balaban J connectivity index is 0.000000184. The van der Waals surface area contributed by atoms with E-state index < -0.39 is 0 Å². The van der Waals surface area contributed by atoms with Crippen LogP contribution in [0.25, 0.3) is 100 Å². The largest absolute Gasteiger partial charge is 0.507 e. The molecule has 0 unspecified atom stereocenters. The Bertz CT molecular complexity index is 3710. The van der Waals surface area contributed by atoms with Gasteiger partial charge in [-0.2, -0.15) is 0 Å². The SMILES string of the molecule is CC(C)c1cc(-c2ccccc2)cc(C(C)C)c1-c1cc(-c2ccccn2)[c-]c(-c2ccccn2)c1.CC(C)c1cc2c(oc3ccccc32)c(C(C)C)c1-c1cc(-c2[c-]cc(F)cc2)nc(-c2ccccc2O)c1.[Ir]. The van der Waals surface area contributed by atoms with Gasteiger partial charge in [0.15, 0.2) is 0 Å². The van der Waals surface area contributed by atoms with Gasteiger partial charge in [-0.05, 0) is 116 Å². The molecule has 0 aliphatic rings. The minimum Gasteiger partial charge on any atom is -0.507 e. The smallest absolute Gasteiger partial charge is 0.139 e. The molecule has 0 atom stereocenters. The molecule has 11 aromatic rings. The summed E-state index contributed by atoms with van der Waals surface area (Å²) in [6.45, 7) is 17.9. The van der Waals surface area contributed by atoms with Gasteiger partial charge in [0, 0.05) is 71.6 Å². The molecular weight excluding hydrogens is 1110 g/mol. The van der Waals surface area contributed by atoms with Gasteiger partial charge in [0.2, 0.25) is 0 Å². The van der Waals surface area contributed by atoms with Crippen LogP contribution in [-0.4, -0.2) is 20.1 Å². The van der Waals surface area contributed by atoms with Crippen LogP contribution in [0.5, 0.6) is 5.75 Å². The maximum Gasteiger partial charge on any atom is 0.139 e. The second-order valence-corrected chi connectivity index (χ2v) is 20.4. The number of rotatable bonds is 11. The molecule has 4 heterocycles. The number of para-hydroxylation sites is 2. The average molecular weight is 1170 g/mol. The van der Waals surface area contributed by atoms with Gasteiger partial charge in [0.05, 0.1) is 5.69 Å². The predicted octanol–water partition coefficient (Wildman–Crippen LogP) is 19.1. The second-order valence-electron chi connectivity index (χ2n) is 20.4. The molecule has 0 fully saturated rings. The van der Waals surface area contributed by atoms with Crippen LogP contribution in [0.2, 0.25) is 0 Å². The minimum atomic E-state index is -0.352. The Labute approximate surface area is 460 Å². The van der Waals surface area contributed by atoms with Gasteiger partial charge in [-0.25, -0.2) is 0 Å². The fourth-order valence-corrected chi connectivity index (χ4v) is 10.2. The first-order chi connectivity index (χ1) is 36.3. The van der Waals surface area contributed by atoms with E-state index >= 15 is 0 Å². The van der Waals surface area contributed by atoms with Crippen molar-refractivity contribution in [2.24, 2.45) is 0 Å². The summed E-state index contributed by atoms with van der Waals surface area (Å²) in [7, 11) is 0. The first kappa shape index (κ1) is 53.0. The number of hydrogen-bond acceptors (Lipinski definition) is 5. The van der Waals surface area contributed by atoms with Crippen molar-refractivity contribution in [3.63, 3.8) is 0 Å². The van der Waals surface area contributed by atoms with Crippen molar-refractivity contribution in [1.82, 2.24) is 15.0 Å². The van der Waals surface area contributed by atoms with E-state index in [0.717, 1.165) is 61.1 Å². The van der Waals surface area contributed by atoms with Crippen molar-refractivity contribution in [3.05, 3.63) is 229 Å². The number of pyridine rings is 3. The topological polar surface area (TPSA) is 72.0 Å². The molecule has 1 N–H and O–H groups in total. The molecule has 7 heteroatoms. The fourth-order valence-electron chi connectivity index (χ4n) is 10.2. The van der Waals surface area contributed by atoms with Crippen LogP contribution in [0.4, 0.5) is 4.39 Å². The monoisotopic (exact) mass is 1170 g/mol. The standard InChI is InChI=1S/C35H29FNO2.C34H31N2.Ir/c1-20(2)27-19-28-25-9-6-8-12-32(25)39-35(28)33(21(3)4)34(27)23-17-29(22-13-15-24(36)16-14-22)37-30(18-23)26-10-5-7-11-31(26)38;1-23(2)30-21-26(25-12-6-5-7-13-25)22-31(24(3)4)34(30)29-19-27(32-14-8-10-16-35-32)18-28(20-29)33-15-9-11-17-36-33;/h5-13,15-21,38H,1-4H3;5-17,19-24H,1-4H3;/q2*-1;. The molecule has 4 aromatic heterocycles. The van der Waals surface area contributed by atoms with Crippen molar-refractivity contribution >= 4 is 21.9 Å². The number of benzene rings is 7. The number of fused-ring (bicyclic) bond motifs is 3. The summed E-state index contributed by atoms with van der Waals surface area (Å²) in [5.74, 6) is 0.929. The molecule has 0 spiro atoms. The third-order valence-corrected chi connectivity index (χ3v) is 13.9. The zero-order valence-electron chi connectivity index (χ0n) is 44.1. The third-order valence-electron chi connectivity index (χ3n) is 13.9. The zero-order chi connectivity index (χ0) is 52.3. The van der Waals surface area contributed by atoms with Crippen molar-refractivity contribution in [2.45, 2.75) is 79.1 Å². The van der Waals surface area contributed by atoms with E-state index in [1.54, 1.807) is 18.2 Å². The van der Waals surface area contributed by atoms with Crippen molar-refractivity contribution in [3.8, 4) is 84.2 Å². The van der Waals surface area contributed by atoms with Gasteiger partial charge in [-0.15, -0.1) is 48.0 Å². The summed E-state index contributed by atoms with van der Waals surface area (Å²) in [5.41, 5.74) is 20.3. The normalized spacial score (nSPS) is 11.4. The molecule has 11 rings (SSSR count). The van der Waals surface area contributed by atoms with Gasteiger partial charge >= 0.3 is 0 Å². The predicted molar refractivity (Wildman–Crippen MR) is 307 cm³/mol. The van der Waals surface area contributed by atoms with E-state index in [2.05, 4.69) is 144 Å². The second kappa shape index (κ2) is 23.0. The van der Waals surface area contributed by atoms with Crippen LogP contribution >= 0.6 is 0 Å². The van der Waals surface area contributed by atoms with Crippen molar-refractivity contribution in [2.75, 3.05) is 0 Å². The van der Waals surface area contributed by atoms with Crippen LogP contribution in [-0.2, 0) is 20.1 Å². The van der Waals surface area contributed by atoms with Crippen LogP contribution in [0.15, 0.2) is 193 Å².